The zero-order valence-electron chi connectivity index (χ0n) is 11.4. The number of likely N-dealkylation sites (tertiary alicyclic amines) is 1. The number of aliphatic hydroxyl groups is 1. The fourth-order valence-corrected chi connectivity index (χ4v) is 2.12. The average molecular weight is 241 g/mol. The highest BCUT2D eigenvalue weighted by molar-refractivity contribution is 5.82. The average Bonchev–Trinajstić information content (AvgIpc) is 2.36. The summed E-state index contributed by atoms with van der Waals surface area (Å²) in [7, 11) is 0. The first-order chi connectivity index (χ1) is 7.73. The highest BCUT2D eigenvalue weighted by Gasteiger charge is 2.27. The van der Waals surface area contributed by atoms with Crippen LogP contribution in [0.3, 0.4) is 0 Å². The lowest BCUT2D eigenvalue weighted by Gasteiger charge is -2.28. The van der Waals surface area contributed by atoms with E-state index in [1.54, 1.807) is 0 Å². The SMILES string of the molecule is CC1(O)CCCN(CCC(C)(C)C(=N)N)CC1. The van der Waals surface area contributed by atoms with Gasteiger partial charge in [-0.05, 0) is 45.7 Å². The van der Waals surface area contributed by atoms with Crippen LogP contribution < -0.4 is 5.73 Å². The van der Waals surface area contributed by atoms with Crippen LogP contribution in [-0.4, -0.2) is 41.1 Å². The van der Waals surface area contributed by atoms with E-state index in [-0.39, 0.29) is 11.3 Å². The Kier molecular flexibility index (Phi) is 4.55. The van der Waals surface area contributed by atoms with E-state index in [0.717, 1.165) is 45.3 Å². The molecule has 0 saturated carbocycles. The molecule has 1 aliphatic heterocycles. The van der Waals surface area contributed by atoms with Crippen molar-refractivity contribution < 1.29 is 5.11 Å². The molecule has 0 aromatic heterocycles. The number of rotatable bonds is 4. The summed E-state index contributed by atoms with van der Waals surface area (Å²) in [5, 5.41) is 17.5. The third kappa shape index (κ3) is 4.64. The molecule has 1 unspecified atom stereocenters. The standard InChI is InChI=1S/C13H27N3O/c1-12(2,11(14)15)6-9-16-8-4-5-13(3,17)7-10-16/h17H,4-10H2,1-3H3,(H3,14,15). The molecule has 100 valence electrons. The summed E-state index contributed by atoms with van der Waals surface area (Å²) in [6, 6.07) is 0. The van der Waals surface area contributed by atoms with Gasteiger partial charge >= 0.3 is 0 Å². The first kappa shape index (κ1) is 14.5. The number of hydrogen-bond donors (Lipinski definition) is 3. The molecule has 0 spiro atoms. The molecule has 0 amide bonds. The summed E-state index contributed by atoms with van der Waals surface area (Å²) in [6.45, 7) is 8.91. The van der Waals surface area contributed by atoms with Gasteiger partial charge in [0.15, 0.2) is 0 Å². The fourth-order valence-electron chi connectivity index (χ4n) is 2.12. The van der Waals surface area contributed by atoms with E-state index in [1.807, 2.05) is 20.8 Å². The molecule has 4 nitrogen and oxygen atoms in total. The predicted octanol–water partition coefficient (Wildman–Crippen LogP) is 1.58. The van der Waals surface area contributed by atoms with Crippen LogP contribution >= 0.6 is 0 Å². The van der Waals surface area contributed by atoms with E-state index in [0.29, 0.717) is 0 Å². The van der Waals surface area contributed by atoms with Crippen LogP contribution in [-0.2, 0) is 0 Å². The Hall–Kier alpha value is -0.610. The van der Waals surface area contributed by atoms with Gasteiger partial charge in [0.25, 0.3) is 0 Å². The Bertz CT molecular complexity index is 274. The molecule has 1 heterocycles. The first-order valence-corrected chi connectivity index (χ1v) is 6.52. The summed E-state index contributed by atoms with van der Waals surface area (Å²) in [5.41, 5.74) is 4.88. The van der Waals surface area contributed by atoms with Gasteiger partial charge in [-0.15, -0.1) is 0 Å². The fraction of sp³-hybridized carbons (Fsp3) is 0.923. The topological polar surface area (TPSA) is 73.3 Å². The number of nitrogens with zero attached hydrogens (tertiary/aromatic N) is 1. The second-order valence-electron chi connectivity index (χ2n) is 6.24. The second-order valence-corrected chi connectivity index (χ2v) is 6.24. The molecule has 0 radical (unpaired) electrons. The maximum atomic E-state index is 10.0. The maximum Gasteiger partial charge on any atom is 0.0963 e. The molecule has 0 aromatic rings. The van der Waals surface area contributed by atoms with Crippen LogP contribution in [0.15, 0.2) is 0 Å². The summed E-state index contributed by atoms with van der Waals surface area (Å²) in [4.78, 5) is 2.38. The largest absolute Gasteiger partial charge is 0.390 e. The first-order valence-electron chi connectivity index (χ1n) is 6.52. The van der Waals surface area contributed by atoms with Crippen molar-refractivity contribution in [3.05, 3.63) is 0 Å². The molecule has 1 rings (SSSR count). The van der Waals surface area contributed by atoms with Crippen LogP contribution in [0.5, 0.6) is 0 Å². The lowest BCUT2D eigenvalue weighted by molar-refractivity contribution is 0.0445. The Morgan fingerprint density at radius 3 is 2.65 bits per heavy atom. The van der Waals surface area contributed by atoms with Crippen LogP contribution in [0.1, 0.15) is 46.5 Å². The molecule has 1 saturated heterocycles. The zero-order valence-corrected chi connectivity index (χ0v) is 11.4. The minimum absolute atomic E-state index is 0.213. The molecule has 0 bridgehead atoms. The number of nitrogens with one attached hydrogen (secondary N) is 1. The van der Waals surface area contributed by atoms with Crippen LogP contribution in [0.2, 0.25) is 0 Å². The van der Waals surface area contributed by atoms with Gasteiger partial charge in [-0.3, -0.25) is 5.41 Å². The van der Waals surface area contributed by atoms with Crippen molar-refractivity contribution in [3.63, 3.8) is 0 Å². The van der Waals surface area contributed by atoms with Crippen molar-refractivity contribution in [3.8, 4) is 0 Å². The monoisotopic (exact) mass is 241 g/mol. The quantitative estimate of drug-likeness (QED) is 0.517. The van der Waals surface area contributed by atoms with Crippen LogP contribution in [0, 0.1) is 10.8 Å². The summed E-state index contributed by atoms with van der Waals surface area (Å²) < 4.78 is 0. The van der Waals surface area contributed by atoms with Gasteiger partial charge in [0.1, 0.15) is 0 Å². The van der Waals surface area contributed by atoms with Gasteiger partial charge in [0.05, 0.1) is 11.4 Å². The molecular formula is C13H27N3O. The van der Waals surface area contributed by atoms with E-state index in [4.69, 9.17) is 11.1 Å². The summed E-state index contributed by atoms with van der Waals surface area (Å²) in [6.07, 6.45) is 3.69. The molecule has 4 heteroatoms. The number of nitrogens with two attached hydrogens (primary N) is 1. The minimum Gasteiger partial charge on any atom is -0.390 e. The lowest BCUT2D eigenvalue weighted by atomic mass is 9.88. The van der Waals surface area contributed by atoms with Gasteiger partial charge in [-0.25, -0.2) is 0 Å². The van der Waals surface area contributed by atoms with Crippen molar-refractivity contribution in [2.45, 2.75) is 52.1 Å². The third-order valence-electron chi connectivity index (χ3n) is 3.94. The number of amidine groups is 1. The molecule has 1 atom stereocenters. The van der Waals surface area contributed by atoms with Gasteiger partial charge in [0, 0.05) is 12.0 Å². The summed E-state index contributed by atoms with van der Waals surface area (Å²) >= 11 is 0. The Labute approximate surface area is 105 Å². The van der Waals surface area contributed by atoms with Gasteiger partial charge < -0.3 is 15.7 Å². The molecular weight excluding hydrogens is 214 g/mol. The molecule has 0 aliphatic carbocycles. The van der Waals surface area contributed by atoms with Crippen LogP contribution in [0.25, 0.3) is 0 Å². The Morgan fingerprint density at radius 2 is 2.06 bits per heavy atom. The van der Waals surface area contributed by atoms with Gasteiger partial charge in [0.2, 0.25) is 0 Å². The van der Waals surface area contributed by atoms with E-state index in [9.17, 15) is 5.11 Å². The molecule has 0 aromatic carbocycles. The summed E-state index contributed by atoms with van der Waals surface area (Å²) in [5.74, 6) is 0.263. The van der Waals surface area contributed by atoms with Crippen LogP contribution in [0.4, 0.5) is 0 Å². The van der Waals surface area contributed by atoms with E-state index in [1.165, 1.54) is 0 Å². The molecule has 1 fully saturated rings. The van der Waals surface area contributed by atoms with Crippen molar-refractivity contribution in [1.29, 1.82) is 5.41 Å². The predicted molar refractivity (Wildman–Crippen MR) is 71.2 cm³/mol. The van der Waals surface area contributed by atoms with E-state index in [2.05, 4.69) is 4.90 Å². The highest BCUT2D eigenvalue weighted by atomic mass is 16.3. The van der Waals surface area contributed by atoms with Crippen molar-refractivity contribution in [2.24, 2.45) is 11.1 Å². The molecule has 17 heavy (non-hydrogen) atoms. The smallest absolute Gasteiger partial charge is 0.0963 e. The van der Waals surface area contributed by atoms with Crippen molar-refractivity contribution >= 4 is 5.84 Å². The lowest BCUT2D eigenvalue weighted by Crippen LogP contribution is -2.36. The van der Waals surface area contributed by atoms with Crippen molar-refractivity contribution in [2.75, 3.05) is 19.6 Å². The molecule has 4 N–H and O–H groups in total. The van der Waals surface area contributed by atoms with Gasteiger partial charge in [-0.2, -0.15) is 0 Å². The van der Waals surface area contributed by atoms with E-state index >= 15 is 0 Å². The highest BCUT2D eigenvalue weighted by Crippen LogP contribution is 2.24. The van der Waals surface area contributed by atoms with Crippen molar-refractivity contribution in [1.82, 2.24) is 4.90 Å². The Morgan fingerprint density at radius 1 is 1.41 bits per heavy atom. The molecule has 1 aliphatic rings. The normalized spacial score (nSPS) is 27.8. The third-order valence-corrected chi connectivity index (χ3v) is 3.94. The van der Waals surface area contributed by atoms with Gasteiger partial charge in [-0.1, -0.05) is 13.8 Å². The zero-order chi connectivity index (χ0) is 13.1. The Balaban J connectivity index is 2.40. The maximum absolute atomic E-state index is 10.0. The number of hydrogen-bond acceptors (Lipinski definition) is 3. The second kappa shape index (κ2) is 5.36. The minimum atomic E-state index is -0.495. The van der Waals surface area contributed by atoms with E-state index < -0.39 is 5.60 Å².